The molecular formula is C19H13ClFN7. The highest BCUT2D eigenvalue weighted by Crippen LogP contribution is 2.38. The minimum Gasteiger partial charge on any atom is -0.368 e. The highest BCUT2D eigenvalue weighted by molar-refractivity contribution is 6.31. The zero-order valence-corrected chi connectivity index (χ0v) is 15.2. The van der Waals surface area contributed by atoms with Crippen LogP contribution in [0.4, 0.5) is 21.8 Å². The molecule has 0 saturated carbocycles. The highest BCUT2D eigenvalue weighted by atomic mass is 35.5. The molecule has 0 unspecified atom stereocenters. The molecule has 0 fully saturated rings. The van der Waals surface area contributed by atoms with Crippen molar-refractivity contribution in [3.05, 3.63) is 59.4 Å². The van der Waals surface area contributed by atoms with Gasteiger partial charge in [-0.1, -0.05) is 11.6 Å². The van der Waals surface area contributed by atoms with Crippen molar-refractivity contribution in [3.63, 3.8) is 0 Å². The summed E-state index contributed by atoms with van der Waals surface area (Å²) >= 11 is 6.01. The summed E-state index contributed by atoms with van der Waals surface area (Å²) in [5.74, 6) is 0.426. The Labute approximate surface area is 164 Å². The molecule has 2 N–H and O–H groups in total. The number of aromatic nitrogens is 5. The first-order chi connectivity index (χ1) is 13.6. The predicted molar refractivity (Wildman–Crippen MR) is 105 cm³/mol. The number of hydrogen-bond acceptors (Lipinski definition) is 7. The van der Waals surface area contributed by atoms with Crippen molar-refractivity contribution in [1.29, 1.82) is 0 Å². The van der Waals surface area contributed by atoms with Crippen LogP contribution in [-0.4, -0.2) is 31.5 Å². The van der Waals surface area contributed by atoms with Gasteiger partial charge in [0.2, 0.25) is 5.95 Å². The number of nitrogens with zero attached hydrogens (tertiary/aromatic N) is 6. The van der Waals surface area contributed by atoms with Gasteiger partial charge in [-0.2, -0.15) is 0 Å². The van der Waals surface area contributed by atoms with Crippen LogP contribution in [0.2, 0.25) is 5.02 Å². The Hall–Kier alpha value is -3.39. The molecule has 4 aromatic rings. The van der Waals surface area contributed by atoms with Gasteiger partial charge < -0.3 is 10.6 Å². The van der Waals surface area contributed by atoms with Gasteiger partial charge in [-0.3, -0.25) is 0 Å². The highest BCUT2D eigenvalue weighted by Gasteiger charge is 2.25. The Kier molecular flexibility index (Phi) is 3.80. The van der Waals surface area contributed by atoms with Crippen LogP contribution >= 0.6 is 11.6 Å². The number of hydrogen-bond donors (Lipinski definition) is 1. The number of anilines is 3. The van der Waals surface area contributed by atoms with Crippen LogP contribution in [0.1, 0.15) is 5.56 Å². The number of fused-ring (bicyclic) bond motifs is 2. The van der Waals surface area contributed by atoms with Crippen molar-refractivity contribution in [2.45, 2.75) is 6.42 Å². The van der Waals surface area contributed by atoms with Gasteiger partial charge in [-0.15, -0.1) is 0 Å². The standard InChI is InChI=1S/C19H13ClFN7/c20-12-6-16-10(5-13(12)21)3-4-28(16)18-17-15(25-9-26-18)2-1-14(27-17)11-7-23-19(22)24-8-11/h1-2,5-9H,3-4H2,(H2,22,23,24). The van der Waals surface area contributed by atoms with Crippen molar-refractivity contribution < 1.29 is 4.39 Å². The van der Waals surface area contributed by atoms with Crippen LogP contribution in [0, 0.1) is 5.82 Å². The Morgan fingerprint density at radius 2 is 1.89 bits per heavy atom. The molecule has 7 nitrogen and oxygen atoms in total. The van der Waals surface area contributed by atoms with E-state index in [-0.39, 0.29) is 11.0 Å². The lowest BCUT2D eigenvalue weighted by atomic mass is 10.1. The molecule has 9 heteroatoms. The van der Waals surface area contributed by atoms with E-state index in [4.69, 9.17) is 22.3 Å². The smallest absolute Gasteiger partial charge is 0.219 e. The minimum absolute atomic E-state index is 0.0803. The largest absolute Gasteiger partial charge is 0.368 e. The topological polar surface area (TPSA) is 93.7 Å². The molecule has 138 valence electrons. The van der Waals surface area contributed by atoms with E-state index in [1.807, 2.05) is 17.0 Å². The van der Waals surface area contributed by atoms with Gasteiger partial charge in [-0.05, 0) is 36.2 Å². The van der Waals surface area contributed by atoms with Crippen LogP contribution in [0.3, 0.4) is 0 Å². The summed E-state index contributed by atoms with van der Waals surface area (Å²) in [4.78, 5) is 23.5. The Morgan fingerprint density at radius 3 is 2.71 bits per heavy atom. The molecule has 0 atom stereocenters. The Morgan fingerprint density at radius 1 is 1.07 bits per heavy atom. The summed E-state index contributed by atoms with van der Waals surface area (Å²) in [6.45, 7) is 0.651. The summed E-state index contributed by atoms with van der Waals surface area (Å²) < 4.78 is 13.8. The molecule has 3 aromatic heterocycles. The van der Waals surface area contributed by atoms with Crippen LogP contribution < -0.4 is 10.6 Å². The lowest BCUT2D eigenvalue weighted by Crippen LogP contribution is -2.16. The van der Waals surface area contributed by atoms with Crippen molar-refractivity contribution >= 4 is 40.1 Å². The van der Waals surface area contributed by atoms with Crippen LogP contribution in [0.5, 0.6) is 0 Å². The maximum Gasteiger partial charge on any atom is 0.219 e. The summed E-state index contributed by atoms with van der Waals surface area (Å²) in [5.41, 5.74) is 10.0. The van der Waals surface area contributed by atoms with Crippen LogP contribution in [0.15, 0.2) is 43.0 Å². The monoisotopic (exact) mass is 393 g/mol. The Balaban J connectivity index is 1.66. The molecule has 28 heavy (non-hydrogen) atoms. The quantitative estimate of drug-likeness (QED) is 0.556. The van der Waals surface area contributed by atoms with E-state index in [9.17, 15) is 4.39 Å². The average Bonchev–Trinajstić information content (AvgIpc) is 3.10. The second-order valence-electron chi connectivity index (χ2n) is 6.39. The van der Waals surface area contributed by atoms with E-state index in [0.29, 0.717) is 35.5 Å². The van der Waals surface area contributed by atoms with Gasteiger partial charge in [0.15, 0.2) is 5.82 Å². The van der Waals surface area contributed by atoms with Crippen LogP contribution in [-0.2, 0) is 6.42 Å². The molecule has 0 aliphatic carbocycles. The summed E-state index contributed by atoms with van der Waals surface area (Å²) in [6, 6.07) is 6.82. The maximum atomic E-state index is 13.8. The molecule has 0 spiro atoms. The van der Waals surface area contributed by atoms with Crippen molar-refractivity contribution in [2.75, 3.05) is 17.2 Å². The van der Waals surface area contributed by atoms with Gasteiger partial charge in [0.05, 0.1) is 16.2 Å². The maximum absolute atomic E-state index is 13.8. The lowest BCUT2D eigenvalue weighted by Gasteiger charge is -2.19. The first-order valence-corrected chi connectivity index (χ1v) is 8.93. The van der Waals surface area contributed by atoms with E-state index in [2.05, 4.69) is 19.9 Å². The van der Waals surface area contributed by atoms with E-state index in [1.165, 1.54) is 12.4 Å². The summed E-state index contributed by atoms with van der Waals surface area (Å²) in [6.07, 6.45) is 5.43. The summed E-state index contributed by atoms with van der Waals surface area (Å²) in [5, 5.41) is 0.0803. The number of nitrogens with two attached hydrogens (primary N) is 1. The normalized spacial score (nSPS) is 13.1. The zero-order chi connectivity index (χ0) is 19.3. The van der Waals surface area contributed by atoms with E-state index in [0.717, 1.165) is 16.8 Å². The van der Waals surface area contributed by atoms with Gasteiger partial charge >= 0.3 is 0 Å². The SMILES string of the molecule is Nc1ncc(-c2ccc3ncnc(N4CCc5cc(F)c(Cl)cc54)c3n2)cn1. The third-order valence-electron chi connectivity index (χ3n) is 4.70. The minimum atomic E-state index is -0.418. The van der Waals surface area contributed by atoms with Crippen molar-refractivity contribution in [3.8, 4) is 11.3 Å². The second kappa shape index (κ2) is 6.35. The average molecular weight is 394 g/mol. The van der Waals surface area contributed by atoms with Crippen molar-refractivity contribution in [1.82, 2.24) is 24.9 Å². The molecule has 4 heterocycles. The van der Waals surface area contributed by atoms with Crippen molar-refractivity contribution in [2.24, 2.45) is 0 Å². The molecule has 0 radical (unpaired) electrons. The number of nitrogen functional groups attached to an aromatic ring is 1. The molecule has 0 saturated heterocycles. The fourth-order valence-electron chi connectivity index (χ4n) is 3.36. The summed E-state index contributed by atoms with van der Waals surface area (Å²) in [7, 11) is 0. The molecule has 1 aliphatic heterocycles. The first-order valence-electron chi connectivity index (χ1n) is 8.55. The predicted octanol–water partition coefficient (Wildman–Crippen LogP) is 3.55. The number of halogens is 2. The molecule has 0 bridgehead atoms. The van der Waals surface area contributed by atoms with E-state index < -0.39 is 5.82 Å². The van der Waals surface area contributed by atoms with Gasteiger partial charge in [0.25, 0.3) is 0 Å². The van der Waals surface area contributed by atoms with E-state index >= 15 is 0 Å². The third kappa shape index (κ3) is 2.69. The van der Waals surface area contributed by atoms with E-state index in [1.54, 1.807) is 18.5 Å². The van der Waals surface area contributed by atoms with Gasteiger partial charge in [0, 0.05) is 30.2 Å². The fourth-order valence-corrected chi connectivity index (χ4v) is 3.52. The van der Waals surface area contributed by atoms with Gasteiger partial charge in [-0.25, -0.2) is 29.3 Å². The zero-order valence-electron chi connectivity index (χ0n) is 14.5. The Bertz CT molecular complexity index is 1210. The molecular weight excluding hydrogens is 381 g/mol. The van der Waals surface area contributed by atoms with Gasteiger partial charge in [0.1, 0.15) is 17.7 Å². The third-order valence-corrected chi connectivity index (χ3v) is 4.99. The number of benzene rings is 1. The van der Waals surface area contributed by atoms with Crippen LogP contribution in [0.25, 0.3) is 22.3 Å². The lowest BCUT2D eigenvalue weighted by molar-refractivity contribution is 0.627. The first kappa shape index (κ1) is 16.8. The molecule has 1 aliphatic rings. The number of pyridine rings is 1. The molecule has 5 rings (SSSR count). The molecule has 0 amide bonds. The molecule has 1 aromatic carbocycles. The number of rotatable bonds is 2. The second-order valence-corrected chi connectivity index (χ2v) is 6.80. The fraction of sp³-hybridized carbons (Fsp3) is 0.105.